The first-order valence-corrected chi connectivity index (χ1v) is 10.7. The fourth-order valence-electron chi connectivity index (χ4n) is 4.68. The van der Waals surface area contributed by atoms with Crippen LogP contribution in [0.25, 0.3) is 0 Å². The molecule has 0 spiro atoms. The third-order valence-electron chi connectivity index (χ3n) is 6.50. The zero-order valence-electron chi connectivity index (χ0n) is 16.6. The molecule has 3 aliphatic rings. The van der Waals surface area contributed by atoms with Crippen molar-refractivity contribution in [3.05, 3.63) is 11.7 Å². The molecule has 1 atom stereocenters. The fourth-order valence-corrected chi connectivity index (χ4v) is 4.68. The van der Waals surface area contributed by atoms with E-state index in [-0.39, 0.29) is 5.92 Å². The molecule has 2 saturated heterocycles. The highest BCUT2D eigenvalue weighted by atomic mass is 16.5. The quantitative estimate of drug-likeness (QED) is 0.785. The van der Waals surface area contributed by atoms with E-state index in [4.69, 9.17) is 4.52 Å². The summed E-state index contributed by atoms with van der Waals surface area (Å²) in [5.74, 6) is 2.68. The molecule has 0 aromatic carbocycles. The Morgan fingerprint density at radius 1 is 1.07 bits per heavy atom. The van der Waals surface area contributed by atoms with E-state index >= 15 is 0 Å². The summed E-state index contributed by atoms with van der Waals surface area (Å²) in [5.41, 5.74) is 0. The van der Waals surface area contributed by atoms with Crippen molar-refractivity contribution in [3.63, 3.8) is 0 Å². The van der Waals surface area contributed by atoms with Gasteiger partial charge in [0, 0.05) is 45.7 Å². The normalized spacial score (nSPS) is 26.6. The maximum absolute atomic E-state index is 12.4. The van der Waals surface area contributed by atoms with E-state index in [0.717, 1.165) is 63.9 Å². The highest BCUT2D eigenvalue weighted by molar-refractivity contribution is 5.77. The number of hydrogen-bond acceptors (Lipinski definition) is 6. The number of amides is 1. The number of likely N-dealkylation sites (N-methyl/N-ethyl adjacent to an activating group) is 1. The van der Waals surface area contributed by atoms with Gasteiger partial charge < -0.3 is 14.3 Å². The molecule has 0 bridgehead atoms. The molecule has 3 heterocycles. The van der Waals surface area contributed by atoms with Crippen LogP contribution in [0, 0.1) is 5.92 Å². The molecular weight excluding hydrogens is 342 g/mol. The predicted molar refractivity (Wildman–Crippen MR) is 102 cm³/mol. The Morgan fingerprint density at radius 2 is 1.85 bits per heavy atom. The monoisotopic (exact) mass is 375 g/mol. The largest absolute Gasteiger partial charge is 0.342 e. The zero-order chi connectivity index (χ0) is 18.6. The van der Waals surface area contributed by atoms with E-state index in [9.17, 15) is 4.79 Å². The van der Waals surface area contributed by atoms with Crippen molar-refractivity contribution < 1.29 is 9.32 Å². The number of nitrogens with zero attached hydrogens (tertiary/aromatic N) is 5. The molecule has 0 radical (unpaired) electrons. The summed E-state index contributed by atoms with van der Waals surface area (Å²) in [4.78, 5) is 23.9. The molecular formula is C20H33N5O2. The van der Waals surface area contributed by atoms with Gasteiger partial charge >= 0.3 is 0 Å². The molecule has 150 valence electrons. The Bertz CT molecular complexity index is 620. The highest BCUT2D eigenvalue weighted by Gasteiger charge is 2.32. The third kappa shape index (κ3) is 4.88. The first-order chi connectivity index (χ1) is 13.2. The Balaban J connectivity index is 1.32. The average Bonchev–Trinajstić information content (AvgIpc) is 3.15. The molecule has 2 aliphatic heterocycles. The molecule has 1 aliphatic carbocycles. The number of carbonyl (C=O) groups excluding carboxylic acids is 1. The number of piperazine rings is 1. The van der Waals surface area contributed by atoms with Crippen molar-refractivity contribution in [2.45, 2.75) is 57.4 Å². The highest BCUT2D eigenvalue weighted by Crippen LogP contribution is 2.30. The number of hydrogen-bond donors (Lipinski definition) is 0. The third-order valence-corrected chi connectivity index (χ3v) is 6.50. The summed E-state index contributed by atoms with van der Waals surface area (Å²) in [6.45, 7) is 6.69. The van der Waals surface area contributed by atoms with Gasteiger partial charge in [0.05, 0.1) is 12.5 Å². The van der Waals surface area contributed by atoms with E-state index in [1.807, 2.05) is 0 Å². The molecule has 1 amide bonds. The smallest absolute Gasteiger partial charge is 0.231 e. The van der Waals surface area contributed by atoms with Gasteiger partial charge in [0.2, 0.25) is 11.8 Å². The maximum atomic E-state index is 12.4. The van der Waals surface area contributed by atoms with Crippen LogP contribution in [0.4, 0.5) is 0 Å². The number of likely N-dealkylation sites (tertiary alicyclic amines) is 1. The summed E-state index contributed by atoms with van der Waals surface area (Å²) in [6, 6.07) is 0. The van der Waals surface area contributed by atoms with Crippen LogP contribution >= 0.6 is 0 Å². The summed E-state index contributed by atoms with van der Waals surface area (Å²) < 4.78 is 5.60. The summed E-state index contributed by atoms with van der Waals surface area (Å²) in [5, 5.41) is 4.22. The van der Waals surface area contributed by atoms with Crippen LogP contribution in [-0.4, -0.2) is 77.1 Å². The Morgan fingerprint density at radius 3 is 2.63 bits per heavy atom. The van der Waals surface area contributed by atoms with Gasteiger partial charge in [0.1, 0.15) is 0 Å². The van der Waals surface area contributed by atoms with Crippen LogP contribution in [0.15, 0.2) is 4.52 Å². The van der Waals surface area contributed by atoms with Gasteiger partial charge in [0.25, 0.3) is 0 Å². The molecule has 7 nitrogen and oxygen atoms in total. The van der Waals surface area contributed by atoms with Crippen molar-refractivity contribution in [2.75, 3.05) is 46.3 Å². The van der Waals surface area contributed by atoms with Gasteiger partial charge in [0.15, 0.2) is 5.82 Å². The number of rotatable bonds is 5. The lowest BCUT2D eigenvalue weighted by molar-refractivity contribution is -0.134. The van der Waals surface area contributed by atoms with Gasteiger partial charge in [-0.2, -0.15) is 4.98 Å². The molecule has 4 rings (SSSR count). The van der Waals surface area contributed by atoms with Crippen LogP contribution in [0.3, 0.4) is 0 Å². The standard InChI is InChI=1S/C20H33N5O2/c1-23-9-11-24(12-10-23)15-18-21-20(27-22-18)17-7-8-19(26)25(14-17)13-16-5-3-2-4-6-16/h16-17H,2-15H2,1H3/t17-/m1/s1. The van der Waals surface area contributed by atoms with Crippen molar-refractivity contribution in [3.8, 4) is 0 Å². The summed E-state index contributed by atoms with van der Waals surface area (Å²) in [7, 11) is 2.16. The van der Waals surface area contributed by atoms with Gasteiger partial charge in [-0.1, -0.05) is 24.4 Å². The molecule has 27 heavy (non-hydrogen) atoms. The van der Waals surface area contributed by atoms with E-state index in [1.165, 1.54) is 32.1 Å². The van der Waals surface area contributed by atoms with E-state index < -0.39 is 0 Å². The SMILES string of the molecule is CN1CCN(Cc2noc([C@@H]3CCC(=O)N(CC4CCCCC4)C3)n2)CC1. The van der Waals surface area contributed by atoms with Crippen molar-refractivity contribution >= 4 is 5.91 Å². The molecule has 3 fully saturated rings. The number of aromatic nitrogens is 2. The minimum absolute atomic E-state index is 0.194. The topological polar surface area (TPSA) is 65.7 Å². The lowest BCUT2D eigenvalue weighted by atomic mass is 9.87. The second kappa shape index (κ2) is 8.69. The number of piperidine rings is 1. The van der Waals surface area contributed by atoms with Crippen LogP contribution < -0.4 is 0 Å². The zero-order valence-corrected chi connectivity index (χ0v) is 16.6. The maximum Gasteiger partial charge on any atom is 0.231 e. The second-order valence-corrected chi connectivity index (χ2v) is 8.67. The van der Waals surface area contributed by atoms with Crippen LogP contribution in [0.5, 0.6) is 0 Å². The van der Waals surface area contributed by atoms with Crippen molar-refractivity contribution in [2.24, 2.45) is 5.92 Å². The Hall–Kier alpha value is -1.47. The van der Waals surface area contributed by atoms with Gasteiger partial charge in [-0.15, -0.1) is 0 Å². The van der Waals surface area contributed by atoms with E-state index in [2.05, 4.69) is 31.9 Å². The Kier molecular flexibility index (Phi) is 6.08. The molecule has 7 heteroatoms. The Labute approximate surface area is 162 Å². The van der Waals surface area contributed by atoms with Crippen LogP contribution in [0.1, 0.15) is 62.6 Å². The van der Waals surface area contributed by atoms with Crippen molar-refractivity contribution in [1.82, 2.24) is 24.8 Å². The predicted octanol–water partition coefficient (Wildman–Crippen LogP) is 2.10. The molecule has 1 aromatic heterocycles. The average molecular weight is 376 g/mol. The minimum atomic E-state index is 0.194. The summed E-state index contributed by atoms with van der Waals surface area (Å²) in [6.07, 6.45) is 7.95. The fraction of sp³-hybridized carbons (Fsp3) is 0.850. The first kappa shape index (κ1) is 18.9. The lowest BCUT2D eigenvalue weighted by Crippen LogP contribution is -2.44. The van der Waals surface area contributed by atoms with Gasteiger partial charge in [-0.3, -0.25) is 9.69 Å². The lowest BCUT2D eigenvalue weighted by Gasteiger charge is -2.34. The molecule has 1 aromatic rings. The van der Waals surface area contributed by atoms with Crippen molar-refractivity contribution in [1.29, 1.82) is 0 Å². The van der Waals surface area contributed by atoms with Gasteiger partial charge in [-0.05, 0) is 32.2 Å². The second-order valence-electron chi connectivity index (χ2n) is 8.67. The molecule has 1 saturated carbocycles. The van der Waals surface area contributed by atoms with E-state index in [0.29, 0.717) is 18.2 Å². The summed E-state index contributed by atoms with van der Waals surface area (Å²) >= 11 is 0. The van der Waals surface area contributed by atoms with Gasteiger partial charge in [-0.25, -0.2) is 0 Å². The first-order valence-electron chi connectivity index (χ1n) is 10.7. The molecule has 0 unspecified atom stereocenters. The van der Waals surface area contributed by atoms with Crippen LogP contribution in [-0.2, 0) is 11.3 Å². The number of carbonyl (C=O) groups is 1. The van der Waals surface area contributed by atoms with E-state index in [1.54, 1.807) is 0 Å². The minimum Gasteiger partial charge on any atom is -0.342 e. The van der Waals surface area contributed by atoms with Crippen LogP contribution in [0.2, 0.25) is 0 Å². The molecule has 0 N–H and O–H groups in total.